The molecule has 4 rings (SSSR count). The van der Waals surface area contributed by atoms with Gasteiger partial charge < -0.3 is 0 Å². The Balaban J connectivity index is 2.11. The monoisotopic (exact) mass is 255 g/mol. The van der Waals surface area contributed by atoms with Crippen molar-refractivity contribution in [2.24, 2.45) is 0 Å². The Morgan fingerprint density at radius 1 is 0.800 bits per heavy atom. The Morgan fingerprint density at radius 3 is 2.65 bits per heavy atom. The maximum Gasteiger partial charge on any atom is 0.0131 e. The van der Waals surface area contributed by atoms with Crippen LogP contribution in [0.5, 0.6) is 0 Å². The van der Waals surface area contributed by atoms with Gasteiger partial charge in [-0.2, -0.15) is 0 Å². The molecule has 0 heteroatoms. The largest absolute Gasteiger partial charge is 0.0754 e. The third kappa shape index (κ3) is 1.61. The van der Waals surface area contributed by atoms with Crippen LogP contribution in [0.4, 0.5) is 0 Å². The zero-order chi connectivity index (χ0) is 13.5. The van der Waals surface area contributed by atoms with E-state index in [0.717, 1.165) is 0 Å². The van der Waals surface area contributed by atoms with Gasteiger partial charge in [-0.05, 0) is 45.5 Å². The fourth-order valence-corrected chi connectivity index (χ4v) is 3.12. The molecule has 3 aromatic rings. The number of hydrogen-bond donors (Lipinski definition) is 0. The molecule has 0 N–H and O–H groups in total. The fourth-order valence-electron chi connectivity index (χ4n) is 3.12. The molecule has 0 nitrogen and oxygen atoms in total. The van der Waals surface area contributed by atoms with E-state index in [9.17, 15) is 0 Å². The number of aryl methyl sites for hydroxylation is 1. The van der Waals surface area contributed by atoms with Crippen molar-refractivity contribution in [2.75, 3.05) is 0 Å². The van der Waals surface area contributed by atoms with E-state index >= 15 is 0 Å². The summed E-state index contributed by atoms with van der Waals surface area (Å²) in [6, 6.07) is 19.6. The van der Waals surface area contributed by atoms with Gasteiger partial charge in [0.2, 0.25) is 0 Å². The second kappa shape index (κ2) is 4.35. The van der Waals surface area contributed by atoms with E-state index in [4.69, 9.17) is 0 Å². The van der Waals surface area contributed by atoms with Crippen molar-refractivity contribution in [2.45, 2.75) is 6.92 Å². The van der Waals surface area contributed by atoms with Crippen molar-refractivity contribution in [1.29, 1.82) is 0 Å². The molecule has 0 aromatic heterocycles. The van der Waals surface area contributed by atoms with Gasteiger partial charge in [0.1, 0.15) is 0 Å². The van der Waals surface area contributed by atoms with Crippen LogP contribution in [0.3, 0.4) is 0 Å². The molecule has 0 bridgehead atoms. The zero-order valence-corrected chi connectivity index (χ0v) is 11.4. The molecule has 20 heavy (non-hydrogen) atoms. The maximum absolute atomic E-state index is 2.23. The molecule has 0 atom stereocenters. The van der Waals surface area contributed by atoms with Crippen LogP contribution in [0.25, 0.3) is 28.0 Å². The first-order chi connectivity index (χ1) is 9.84. The lowest BCUT2D eigenvalue weighted by Crippen LogP contribution is -1.90. The third-order valence-electron chi connectivity index (χ3n) is 4.09. The van der Waals surface area contributed by atoms with Crippen LogP contribution in [0.15, 0.2) is 60.7 Å². The van der Waals surface area contributed by atoms with E-state index in [1.54, 1.807) is 0 Å². The zero-order valence-electron chi connectivity index (χ0n) is 11.4. The maximum atomic E-state index is 2.23. The summed E-state index contributed by atoms with van der Waals surface area (Å²) in [4.78, 5) is 0. The summed E-state index contributed by atoms with van der Waals surface area (Å²) < 4.78 is 0. The predicted octanol–water partition coefficient (Wildman–Crippen LogP) is 5.39. The Morgan fingerprint density at radius 2 is 1.70 bits per heavy atom. The standard InChI is InChI=1S/C20H15/c1-14-12-13-16-6-2-3-9-18(16)20(14)19-11-5-8-15-7-4-10-17(15)19/h2-13H,1H3. The molecule has 1 aliphatic carbocycles. The second-order valence-electron chi connectivity index (χ2n) is 5.31. The van der Waals surface area contributed by atoms with E-state index in [1.807, 2.05) is 0 Å². The molecule has 95 valence electrons. The summed E-state index contributed by atoms with van der Waals surface area (Å²) in [7, 11) is 0. The molecule has 0 aliphatic heterocycles. The highest BCUT2D eigenvalue weighted by Gasteiger charge is 2.14. The molecule has 0 unspecified atom stereocenters. The lowest BCUT2D eigenvalue weighted by molar-refractivity contribution is 1.47. The van der Waals surface area contributed by atoms with Crippen molar-refractivity contribution in [3.8, 4) is 11.1 Å². The molecule has 0 amide bonds. The lowest BCUT2D eigenvalue weighted by atomic mass is 9.90. The van der Waals surface area contributed by atoms with Crippen LogP contribution < -0.4 is 0 Å². The van der Waals surface area contributed by atoms with Crippen LogP contribution in [-0.2, 0) is 0 Å². The average Bonchev–Trinajstić information content (AvgIpc) is 2.96. The van der Waals surface area contributed by atoms with Gasteiger partial charge in [-0.15, -0.1) is 0 Å². The quantitative estimate of drug-likeness (QED) is 0.546. The molecule has 0 spiro atoms. The summed E-state index contributed by atoms with van der Waals surface area (Å²) in [6.07, 6.45) is 6.53. The van der Waals surface area contributed by atoms with Gasteiger partial charge in [0, 0.05) is 6.42 Å². The number of benzene rings is 3. The van der Waals surface area contributed by atoms with Gasteiger partial charge in [-0.1, -0.05) is 66.7 Å². The minimum absolute atomic E-state index is 1.30. The summed E-state index contributed by atoms with van der Waals surface area (Å²) >= 11 is 0. The minimum atomic E-state index is 1.30. The van der Waals surface area contributed by atoms with Gasteiger partial charge in [0.05, 0.1) is 0 Å². The van der Waals surface area contributed by atoms with Crippen molar-refractivity contribution in [3.05, 3.63) is 83.8 Å². The Kier molecular flexibility index (Phi) is 2.50. The summed E-state index contributed by atoms with van der Waals surface area (Å²) in [6.45, 7) is 2.20. The molecule has 1 aliphatic rings. The van der Waals surface area contributed by atoms with Crippen LogP contribution in [-0.4, -0.2) is 0 Å². The van der Waals surface area contributed by atoms with Crippen molar-refractivity contribution >= 4 is 16.8 Å². The highest BCUT2D eigenvalue weighted by Crippen LogP contribution is 2.37. The van der Waals surface area contributed by atoms with E-state index in [1.165, 1.54) is 38.6 Å². The first-order valence-corrected chi connectivity index (χ1v) is 6.98. The first kappa shape index (κ1) is 11.5. The lowest BCUT2D eigenvalue weighted by Gasteiger charge is -2.14. The average molecular weight is 255 g/mol. The molecule has 1 radical (unpaired) electrons. The normalized spacial score (nSPS) is 12.8. The van der Waals surface area contributed by atoms with Gasteiger partial charge in [0.15, 0.2) is 0 Å². The predicted molar refractivity (Wildman–Crippen MR) is 86.6 cm³/mol. The smallest absolute Gasteiger partial charge is 0.0131 e. The number of rotatable bonds is 1. The molecule has 3 aromatic carbocycles. The van der Waals surface area contributed by atoms with Crippen LogP contribution in [0, 0.1) is 13.3 Å². The van der Waals surface area contributed by atoms with Gasteiger partial charge in [-0.3, -0.25) is 0 Å². The summed E-state index contributed by atoms with van der Waals surface area (Å²) in [5, 5.41) is 2.64. The Labute approximate surface area is 119 Å². The Hall–Kier alpha value is -2.34. The SMILES string of the molecule is Cc1ccc2ccccc2c1-c1cccc2c1C=C[CH]2. The van der Waals surface area contributed by atoms with Crippen LogP contribution >= 0.6 is 0 Å². The highest BCUT2D eigenvalue weighted by atomic mass is 14.2. The van der Waals surface area contributed by atoms with Crippen molar-refractivity contribution < 1.29 is 0 Å². The minimum Gasteiger partial charge on any atom is -0.0754 e. The van der Waals surface area contributed by atoms with Crippen molar-refractivity contribution in [1.82, 2.24) is 0 Å². The van der Waals surface area contributed by atoms with Crippen LogP contribution in [0.2, 0.25) is 0 Å². The Bertz CT molecular complexity index is 838. The molecule has 0 heterocycles. The molecule has 0 saturated carbocycles. The van der Waals surface area contributed by atoms with E-state index in [-0.39, 0.29) is 0 Å². The number of fused-ring (bicyclic) bond motifs is 2. The summed E-state index contributed by atoms with van der Waals surface area (Å²) in [5.41, 5.74) is 6.68. The fraction of sp³-hybridized carbons (Fsp3) is 0.0500. The molecule has 0 fully saturated rings. The summed E-state index contributed by atoms with van der Waals surface area (Å²) in [5.74, 6) is 0. The van der Waals surface area contributed by atoms with Gasteiger partial charge in [0.25, 0.3) is 0 Å². The second-order valence-corrected chi connectivity index (χ2v) is 5.31. The number of allylic oxidation sites excluding steroid dienone is 1. The molecular formula is C20H15. The number of hydrogen-bond acceptors (Lipinski definition) is 0. The van der Waals surface area contributed by atoms with Crippen molar-refractivity contribution in [3.63, 3.8) is 0 Å². The first-order valence-electron chi connectivity index (χ1n) is 6.98. The molecular weight excluding hydrogens is 240 g/mol. The van der Waals surface area contributed by atoms with E-state index in [0.29, 0.717) is 0 Å². The van der Waals surface area contributed by atoms with Gasteiger partial charge in [-0.25, -0.2) is 0 Å². The third-order valence-corrected chi connectivity index (χ3v) is 4.09. The topological polar surface area (TPSA) is 0 Å². The van der Waals surface area contributed by atoms with E-state index in [2.05, 4.69) is 80.1 Å². The van der Waals surface area contributed by atoms with E-state index < -0.39 is 0 Å². The van der Waals surface area contributed by atoms with Crippen LogP contribution in [0.1, 0.15) is 16.7 Å². The highest BCUT2D eigenvalue weighted by molar-refractivity contribution is 6.00. The molecule has 0 saturated heterocycles. The van der Waals surface area contributed by atoms with Gasteiger partial charge >= 0.3 is 0 Å².